The van der Waals surface area contributed by atoms with Crippen LogP contribution in [0.25, 0.3) is 12.2 Å². The number of carbonyl (C=O) groups excluding carboxylic acids is 1. The molecule has 0 radical (unpaired) electrons. The fourth-order valence-electron chi connectivity index (χ4n) is 2.80. The van der Waals surface area contributed by atoms with Gasteiger partial charge in [0, 0.05) is 17.1 Å². The van der Waals surface area contributed by atoms with E-state index >= 15 is 0 Å². The number of nitrogens with zero attached hydrogens (tertiary/aromatic N) is 1. The molecule has 1 aromatic heterocycles. The average Bonchev–Trinajstić information content (AvgIpc) is 2.98. The number of hydrogen-bond donors (Lipinski definition) is 0. The van der Waals surface area contributed by atoms with Crippen LogP contribution in [-0.2, 0) is 11.3 Å². The number of ether oxygens (including phenoxy) is 1. The number of carbonyl (C=O) groups is 1. The lowest BCUT2D eigenvalue weighted by molar-refractivity contribution is -0.120. The van der Waals surface area contributed by atoms with Crippen LogP contribution in [-0.4, -0.2) is 17.5 Å². The van der Waals surface area contributed by atoms with E-state index < -0.39 is 5.41 Å². The van der Waals surface area contributed by atoms with Crippen molar-refractivity contribution >= 4 is 29.3 Å². The summed E-state index contributed by atoms with van der Waals surface area (Å²) in [6.45, 7) is 5.52. The van der Waals surface area contributed by atoms with Crippen LogP contribution in [0.1, 0.15) is 31.9 Å². The zero-order valence-electron chi connectivity index (χ0n) is 17.4. The summed E-state index contributed by atoms with van der Waals surface area (Å²) < 4.78 is 21.9. The number of rotatable bonds is 5. The maximum atomic E-state index is 14.2. The lowest BCUT2D eigenvalue weighted by atomic mass is 9.91. The van der Waals surface area contributed by atoms with E-state index in [0.717, 1.165) is 5.56 Å². The topological polar surface area (TPSA) is 48.3 Å². The van der Waals surface area contributed by atoms with Gasteiger partial charge in [-0.25, -0.2) is 4.39 Å². The fraction of sp³-hybridized carbons (Fsp3) is 0.250. The van der Waals surface area contributed by atoms with Crippen molar-refractivity contribution in [3.63, 3.8) is 0 Å². The Morgan fingerprint density at radius 3 is 2.57 bits per heavy atom. The highest BCUT2D eigenvalue weighted by atomic mass is 32.1. The van der Waals surface area contributed by atoms with Crippen LogP contribution >= 0.6 is 11.3 Å². The first-order chi connectivity index (χ1) is 14.2. The third-order valence-electron chi connectivity index (χ3n) is 4.61. The van der Waals surface area contributed by atoms with Crippen molar-refractivity contribution in [1.82, 2.24) is 4.57 Å². The molecular weight excluding hydrogens is 401 g/mol. The number of halogens is 1. The highest BCUT2D eigenvalue weighted by molar-refractivity contribution is 7.07. The first-order valence-corrected chi connectivity index (χ1v) is 10.4. The zero-order valence-corrected chi connectivity index (χ0v) is 18.3. The standard InChI is InChI=1S/C24H24FNO3S/c1-24(2,3)21(27)14-22-26(15-17-9-5-6-11-19(17)25)23(28)20(30-22)13-16-8-7-10-18(12-16)29-4/h5-14H,15H2,1-4H3/b20-13-,22-14-. The van der Waals surface area contributed by atoms with E-state index in [-0.39, 0.29) is 23.7 Å². The van der Waals surface area contributed by atoms with Gasteiger partial charge in [0.25, 0.3) is 5.56 Å². The van der Waals surface area contributed by atoms with Gasteiger partial charge in [-0.05, 0) is 29.8 Å². The normalized spacial score (nSPS) is 13.0. The highest BCUT2D eigenvalue weighted by Crippen LogP contribution is 2.15. The molecule has 0 aliphatic heterocycles. The fourth-order valence-corrected chi connectivity index (χ4v) is 3.84. The second-order valence-electron chi connectivity index (χ2n) is 7.97. The third-order valence-corrected chi connectivity index (χ3v) is 5.67. The van der Waals surface area contributed by atoms with Gasteiger partial charge < -0.3 is 4.74 Å². The van der Waals surface area contributed by atoms with Gasteiger partial charge in [0.1, 0.15) is 16.2 Å². The van der Waals surface area contributed by atoms with Crippen molar-refractivity contribution in [2.24, 2.45) is 5.41 Å². The Kier molecular flexibility index (Phi) is 6.37. The molecular formula is C24H24FNO3S. The van der Waals surface area contributed by atoms with Crippen LogP contribution in [0.5, 0.6) is 5.75 Å². The van der Waals surface area contributed by atoms with Crippen LogP contribution in [0.3, 0.4) is 0 Å². The Balaban J connectivity index is 2.20. The van der Waals surface area contributed by atoms with Crippen LogP contribution < -0.4 is 19.5 Å². The average molecular weight is 426 g/mol. The van der Waals surface area contributed by atoms with Crippen LogP contribution in [0, 0.1) is 11.2 Å². The van der Waals surface area contributed by atoms with Crippen LogP contribution in [0.15, 0.2) is 53.3 Å². The molecule has 0 fully saturated rings. The number of Topliss-reactive ketones (excluding diaryl/α,β-unsaturated/α-hetero) is 1. The van der Waals surface area contributed by atoms with Crippen molar-refractivity contribution in [3.8, 4) is 5.75 Å². The molecule has 0 saturated heterocycles. The lowest BCUT2D eigenvalue weighted by Crippen LogP contribution is -2.33. The minimum absolute atomic E-state index is 0.0528. The summed E-state index contributed by atoms with van der Waals surface area (Å²) in [5, 5.41) is 0. The number of methoxy groups -OCH3 is 1. The van der Waals surface area contributed by atoms with Crippen molar-refractivity contribution in [1.29, 1.82) is 0 Å². The van der Waals surface area contributed by atoms with E-state index in [1.165, 1.54) is 28.0 Å². The molecule has 4 nitrogen and oxygen atoms in total. The summed E-state index contributed by atoms with van der Waals surface area (Å²) in [5.74, 6) is 0.197. The Labute approximate surface area is 178 Å². The molecule has 0 spiro atoms. The van der Waals surface area contributed by atoms with Crippen molar-refractivity contribution < 1.29 is 13.9 Å². The first-order valence-electron chi connectivity index (χ1n) is 9.54. The molecule has 6 heteroatoms. The summed E-state index contributed by atoms with van der Waals surface area (Å²) in [5.41, 5.74) is 0.348. The summed E-state index contributed by atoms with van der Waals surface area (Å²) >= 11 is 1.22. The van der Waals surface area contributed by atoms with Gasteiger partial charge in [0.05, 0.1) is 18.2 Å². The summed E-state index contributed by atoms with van der Waals surface area (Å²) in [7, 11) is 1.58. The highest BCUT2D eigenvalue weighted by Gasteiger charge is 2.19. The van der Waals surface area contributed by atoms with Crippen molar-refractivity contribution in [3.05, 3.63) is 85.0 Å². The largest absolute Gasteiger partial charge is 0.497 e. The summed E-state index contributed by atoms with van der Waals surface area (Å²) in [6, 6.07) is 13.7. The quantitative estimate of drug-likeness (QED) is 0.630. The Morgan fingerprint density at radius 1 is 1.17 bits per heavy atom. The van der Waals surface area contributed by atoms with E-state index in [1.807, 2.05) is 45.0 Å². The van der Waals surface area contributed by atoms with Gasteiger partial charge >= 0.3 is 0 Å². The predicted octanol–water partition coefficient (Wildman–Crippen LogP) is 3.33. The van der Waals surface area contributed by atoms with E-state index in [4.69, 9.17) is 4.74 Å². The van der Waals surface area contributed by atoms with Gasteiger partial charge in [-0.3, -0.25) is 14.2 Å². The maximum Gasteiger partial charge on any atom is 0.269 e. The number of thiazole rings is 1. The molecule has 3 rings (SSSR count). The predicted molar refractivity (Wildman–Crippen MR) is 119 cm³/mol. The molecule has 1 heterocycles. The SMILES string of the molecule is COc1cccc(/C=c2\s/c(=C\C(=O)C(C)(C)C)n(Cc3ccccc3F)c2=O)c1. The minimum atomic E-state index is -0.584. The summed E-state index contributed by atoms with van der Waals surface area (Å²) in [6.07, 6.45) is 3.24. The molecule has 3 aromatic rings. The molecule has 0 aliphatic rings. The summed E-state index contributed by atoms with van der Waals surface area (Å²) in [4.78, 5) is 25.8. The van der Waals surface area contributed by atoms with Gasteiger partial charge in [0.2, 0.25) is 0 Å². The van der Waals surface area contributed by atoms with Gasteiger partial charge in [-0.15, -0.1) is 11.3 Å². The maximum absolute atomic E-state index is 14.2. The number of ketones is 1. The van der Waals surface area contributed by atoms with E-state index in [1.54, 1.807) is 31.4 Å². The van der Waals surface area contributed by atoms with Crippen LogP contribution in [0.2, 0.25) is 0 Å². The lowest BCUT2D eigenvalue weighted by Gasteiger charge is -2.13. The molecule has 0 aliphatic carbocycles. The van der Waals surface area contributed by atoms with Gasteiger partial charge in [-0.1, -0.05) is 51.1 Å². The Bertz CT molecular complexity index is 1250. The number of aromatic nitrogens is 1. The second-order valence-corrected chi connectivity index (χ2v) is 9.03. The Morgan fingerprint density at radius 2 is 1.90 bits per heavy atom. The number of benzene rings is 2. The molecule has 2 aromatic carbocycles. The Hall–Kier alpha value is -2.99. The van der Waals surface area contributed by atoms with Gasteiger partial charge in [0.15, 0.2) is 5.78 Å². The van der Waals surface area contributed by atoms with E-state index in [9.17, 15) is 14.0 Å². The van der Waals surface area contributed by atoms with E-state index in [2.05, 4.69) is 0 Å². The molecule has 0 saturated carbocycles. The van der Waals surface area contributed by atoms with E-state index in [0.29, 0.717) is 20.5 Å². The second kappa shape index (κ2) is 8.79. The van der Waals surface area contributed by atoms with Crippen molar-refractivity contribution in [2.75, 3.05) is 7.11 Å². The molecule has 30 heavy (non-hydrogen) atoms. The number of hydrogen-bond acceptors (Lipinski definition) is 4. The zero-order chi connectivity index (χ0) is 21.9. The first kappa shape index (κ1) is 21.7. The molecule has 0 amide bonds. The monoisotopic (exact) mass is 425 g/mol. The van der Waals surface area contributed by atoms with Gasteiger partial charge in [-0.2, -0.15) is 0 Å². The smallest absolute Gasteiger partial charge is 0.269 e. The third kappa shape index (κ3) is 4.94. The van der Waals surface area contributed by atoms with Crippen molar-refractivity contribution in [2.45, 2.75) is 27.3 Å². The molecule has 0 atom stereocenters. The minimum Gasteiger partial charge on any atom is -0.497 e. The molecule has 156 valence electrons. The molecule has 0 bridgehead atoms. The molecule has 0 unspecified atom stereocenters. The van der Waals surface area contributed by atoms with Crippen LogP contribution in [0.4, 0.5) is 4.39 Å². The molecule has 0 N–H and O–H groups in total.